The van der Waals surface area contributed by atoms with Gasteiger partial charge in [-0.3, -0.25) is 9.59 Å². The number of likely N-dealkylation sites (tertiary alicyclic amines) is 1. The van der Waals surface area contributed by atoms with Gasteiger partial charge in [-0.15, -0.1) is 12.4 Å². The maximum Gasteiger partial charge on any atom is 0.255 e. The third-order valence-electron chi connectivity index (χ3n) is 4.76. The number of carbonyl (C=O) groups is 2. The summed E-state index contributed by atoms with van der Waals surface area (Å²) in [5.41, 5.74) is 7.71. The molecule has 0 saturated carbocycles. The molecule has 0 bridgehead atoms. The highest BCUT2D eigenvalue weighted by molar-refractivity contribution is 6.04. The molecule has 1 heterocycles. The van der Waals surface area contributed by atoms with Crippen molar-refractivity contribution in [2.75, 3.05) is 25.0 Å². The number of amides is 2. The number of hydrogen-bond donors (Lipinski definition) is 2. The van der Waals surface area contributed by atoms with Crippen LogP contribution in [0, 0.1) is 5.41 Å². The third kappa shape index (κ3) is 4.42. The van der Waals surface area contributed by atoms with Gasteiger partial charge in [0.1, 0.15) is 0 Å². The number of hydrogen-bond acceptors (Lipinski definition) is 3. The Kier molecular flexibility index (Phi) is 6.40. The second-order valence-corrected chi connectivity index (χ2v) is 6.89. The lowest BCUT2D eigenvalue weighted by molar-refractivity contribution is 0.0777. The highest BCUT2D eigenvalue weighted by Crippen LogP contribution is 2.29. The van der Waals surface area contributed by atoms with E-state index in [9.17, 15) is 9.59 Å². The second kappa shape index (κ2) is 8.34. The minimum absolute atomic E-state index is 0. The number of rotatable bonds is 4. The van der Waals surface area contributed by atoms with Gasteiger partial charge in [0.15, 0.2) is 0 Å². The largest absolute Gasteiger partial charge is 0.338 e. The van der Waals surface area contributed by atoms with E-state index in [4.69, 9.17) is 5.73 Å². The molecule has 1 aliphatic heterocycles. The lowest BCUT2D eigenvalue weighted by Gasteiger charge is -2.22. The SMILES string of the molecule is CC1(CN)CCN(C(=O)c2ccc(NC(=O)c3ccccc3)cc2)C1.Cl. The molecule has 0 aliphatic carbocycles. The molecule has 3 N–H and O–H groups in total. The molecule has 2 amide bonds. The predicted octanol–water partition coefficient (Wildman–Crippen LogP) is 3.17. The molecule has 2 aromatic carbocycles. The fraction of sp³-hybridized carbons (Fsp3) is 0.300. The molecule has 1 aliphatic rings. The van der Waals surface area contributed by atoms with Gasteiger partial charge in [0.2, 0.25) is 0 Å². The van der Waals surface area contributed by atoms with Crippen molar-refractivity contribution in [3.8, 4) is 0 Å². The van der Waals surface area contributed by atoms with E-state index in [1.54, 1.807) is 36.4 Å². The zero-order valence-corrected chi connectivity index (χ0v) is 15.6. The van der Waals surface area contributed by atoms with Crippen molar-refractivity contribution in [2.24, 2.45) is 11.1 Å². The van der Waals surface area contributed by atoms with Crippen LogP contribution < -0.4 is 11.1 Å². The molecular formula is C20H24ClN3O2. The molecule has 1 fully saturated rings. The van der Waals surface area contributed by atoms with Gasteiger partial charge in [-0.1, -0.05) is 25.1 Å². The standard InChI is InChI=1S/C20H23N3O2.ClH/c1-20(13-21)11-12-23(14-20)19(25)16-7-9-17(10-8-16)22-18(24)15-5-3-2-4-6-15;/h2-10H,11-14,21H2,1H3,(H,22,24);1H. The molecule has 6 heteroatoms. The smallest absolute Gasteiger partial charge is 0.255 e. The monoisotopic (exact) mass is 373 g/mol. The minimum atomic E-state index is -0.169. The van der Waals surface area contributed by atoms with Crippen molar-refractivity contribution < 1.29 is 9.59 Å². The predicted molar refractivity (Wildman–Crippen MR) is 106 cm³/mol. The molecule has 5 nitrogen and oxygen atoms in total. The Morgan fingerprint density at radius 1 is 1.08 bits per heavy atom. The van der Waals surface area contributed by atoms with E-state index in [1.807, 2.05) is 23.1 Å². The van der Waals surface area contributed by atoms with Crippen LogP contribution in [0.5, 0.6) is 0 Å². The summed E-state index contributed by atoms with van der Waals surface area (Å²) in [5, 5.41) is 2.84. The topological polar surface area (TPSA) is 75.4 Å². The first-order valence-corrected chi connectivity index (χ1v) is 8.47. The summed E-state index contributed by atoms with van der Waals surface area (Å²) in [5.74, 6) is -0.156. The van der Waals surface area contributed by atoms with Crippen molar-refractivity contribution in [1.29, 1.82) is 0 Å². The molecule has 1 saturated heterocycles. The van der Waals surface area contributed by atoms with Crippen molar-refractivity contribution >= 4 is 29.9 Å². The van der Waals surface area contributed by atoms with E-state index in [-0.39, 0.29) is 29.6 Å². The molecule has 3 rings (SSSR count). The summed E-state index contributed by atoms with van der Waals surface area (Å²) in [6.07, 6.45) is 0.931. The lowest BCUT2D eigenvalue weighted by atomic mass is 9.90. The molecule has 0 spiro atoms. The number of benzene rings is 2. The number of nitrogens with zero attached hydrogens (tertiary/aromatic N) is 1. The van der Waals surface area contributed by atoms with Gasteiger partial charge < -0.3 is 16.0 Å². The Hall–Kier alpha value is -2.37. The summed E-state index contributed by atoms with van der Waals surface area (Å²) >= 11 is 0. The summed E-state index contributed by atoms with van der Waals surface area (Å²) in [7, 11) is 0. The molecular weight excluding hydrogens is 350 g/mol. The zero-order valence-electron chi connectivity index (χ0n) is 14.8. The Morgan fingerprint density at radius 3 is 2.31 bits per heavy atom. The molecule has 0 aromatic heterocycles. The summed E-state index contributed by atoms with van der Waals surface area (Å²) in [6, 6.07) is 16.0. The van der Waals surface area contributed by atoms with Crippen LogP contribution in [0.3, 0.4) is 0 Å². The maximum atomic E-state index is 12.6. The summed E-state index contributed by atoms with van der Waals surface area (Å²) in [6.45, 7) is 4.12. The second-order valence-electron chi connectivity index (χ2n) is 6.89. The lowest BCUT2D eigenvalue weighted by Crippen LogP contribution is -2.34. The first kappa shape index (κ1) is 19.9. The minimum Gasteiger partial charge on any atom is -0.338 e. The van der Waals surface area contributed by atoms with Crippen LogP contribution in [0.15, 0.2) is 54.6 Å². The van der Waals surface area contributed by atoms with E-state index in [2.05, 4.69) is 12.2 Å². The van der Waals surface area contributed by atoms with Crippen LogP contribution in [0.1, 0.15) is 34.1 Å². The summed E-state index contributed by atoms with van der Waals surface area (Å²) in [4.78, 5) is 26.6. The van der Waals surface area contributed by atoms with E-state index >= 15 is 0 Å². The summed E-state index contributed by atoms with van der Waals surface area (Å²) < 4.78 is 0. The third-order valence-corrected chi connectivity index (χ3v) is 4.76. The van der Waals surface area contributed by atoms with Crippen LogP contribution in [0.2, 0.25) is 0 Å². The number of halogens is 1. The normalized spacial score (nSPS) is 18.9. The van der Waals surface area contributed by atoms with Crippen molar-refractivity contribution in [1.82, 2.24) is 4.90 Å². The maximum absolute atomic E-state index is 12.6. The van der Waals surface area contributed by atoms with Crippen LogP contribution >= 0.6 is 12.4 Å². The van der Waals surface area contributed by atoms with E-state index in [0.717, 1.165) is 13.0 Å². The molecule has 26 heavy (non-hydrogen) atoms. The first-order chi connectivity index (χ1) is 12.0. The highest BCUT2D eigenvalue weighted by atomic mass is 35.5. The van der Waals surface area contributed by atoms with Crippen LogP contribution in [0.4, 0.5) is 5.69 Å². The van der Waals surface area contributed by atoms with Gasteiger partial charge in [0.25, 0.3) is 11.8 Å². The van der Waals surface area contributed by atoms with Gasteiger partial charge >= 0.3 is 0 Å². The van der Waals surface area contributed by atoms with E-state index < -0.39 is 0 Å². The van der Waals surface area contributed by atoms with Gasteiger partial charge in [0, 0.05) is 29.9 Å². The molecule has 2 aromatic rings. The fourth-order valence-electron chi connectivity index (χ4n) is 3.04. The van der Waals surface area contributed by atoms with E-state index in [1.165, 1.54) is 0 Å². The fourth-order valence-corrected chi connectivity index (χ4v) is 3.04. The molecule has 1 unspecified atom stereocenters. The average molecular weight is 374 g/mol. The number of nitrogens with one attached hydrogen (secondary N) is 1. The first-order valence-electron chi connectivity index (χ1n) is 8.47. The molecule has 0 radical (unpaired) electrons. The Morgan fingerprint density at radius 2 is 1.73 bits per heavy atom. The van der Waals surface area contributed by atoms with Gasteiger partial charge in [-0.25, -0.2) is 0 Å². The average Bonchev–Trinajstić information content (AvgIpc) is 3.05. The molecule has 1 atom stereocenters. The van der Waals surface area contributed by atoms with Gasteiger partial charge in [0.05, 0.1) is 0 Å². The van der Waals surface area contributed by atoms with Crippen molar-refractivity contribution in [2.45, 2.75) is 13.3 Å². The Balaban J connectivity index is 0.00000243. The van der Waals surface area contributed by atoms with Crippen LogP contribution in [-0.4, -0.2) is 36.3 Å². The number of anilines is 1. The van der Waals surface area contributed by atoms with Crippen LogP contribution in [0.25, 0.3) is 0 Å². The quantitative estimate of drug-likeness (QED) is 0.864. The van der Waals surface area contributed by atoms with Crippen LogP contribution in [-0.2, 0) is 0 Å². The highest BCUT2D eigenvalue weighted by Gasteiger charge is 2.35. The van der Waals surface area contributed by atoms with Crippen molar-refractivity contribution in [3.05, 3.63) is 65.7 Å². The molecule has 138 valence electrons. The Labute approximate surface area is 160 Å². The Bertz CT molecular complexity index is 764. The number of nitrogens with two attached hydrogens (primary N) is 1. The van der Waals surface area contributed by atoms with Gasteiger partial charge in [-0.05, 0) is 54.8 Å². The number of carbonyl (C=O) groups excluding carboxylic acids is 2. The van der Waals surface area contributed by atoms with Crippen molar-refractivity contribution in [3.63, 3.8) is 0 Å². The zero-order chi connectivity index (χ0) is 17.9. The van der Waals surface area contributed by atoms with Gasteiger partial charge in [-0.2, -0.15) is 0 Å². The van der Waals surface area contributed by atoms with E-state index in [0.29, 0.717) is 29.9 Å².